The highest BCUT2D eigenvalue weighted by Crippen LogP contribution is 2.26. The van der Waals surface area contributed by atoms with Gasteiger partial charge in [0.2, 0.25) is 10.0 Å². The molecule has 0 aliphatic heterocycles. The fourth-order valence-corrected chi connectivity index (χ4v) is 4.79. The number of hydrogen-bond donors (Lipinski definition) is 2. The summed E-state index contributed by atoms with van der Waals surface area (Å²) < 4.78 is 27.9. The molecule has 0 aromatic carbocycles. The third-order valence-corrected chi connectivity index (χ3v) is 6.47. The van der Waals surface area contributed by atoms with E-state index in [9.17, 15) is 8.42 Å². The summed E-state index contributed by atoms with van der Waals surface area (Å²) in [4.78, 5) is 1.09. The summed E-state index contributed by atoms with van der Waals surface area (Å²) in [7, 11) is -3.38. The lowest BCUT2D eigenvalue weighted by Crippen LogP contribution is -2.33. The van der Waals surface area contributed by atoms with Crippen molar-refractivity contribution in [2.45, 2.75) is 70.3 Å². The first-order valence-electron chi connectivity index (χ1n) is 7.15. The van der Waals surface area contributed by atoms with Crippen LogP contribution in [0.25, 0.3) is 0 Å². The van der Waals surface area contributed by atoms with Gasteiger partial charge in [-0.25, -0.2) is 13.1 Å². The maximum absolute atomic E-state index is 12.3. The minimum Gasteiger partial charge on any atom is -0.310 e. The lowest BCUT2D eigenvalue weighted by Gasteiger charge is -2.13. The Hall–Kier alpha value is -0.430. The molecule has 1 aromatic rings. The SMILES string of the molecule is CCC(CC)NS(=O)(=O)c1cc(C)c(CNC(C)C)s1. The first kappa shape index (κ1) is 17.6. The molecule has 2 N–H and O–H groups in total. The highest BCUT2D eigenvalue weighted by atomic mass is 32.2. The largest absolute Gasteiger partial charge is 0.310 e. The third-order valence-electron chi connectivity index (χ3n) is 3.24. The van der Waals surface area contributed by atoms with Crippen LogP contribution >= 0.6 is 11.3 Å². The summed E-state index contributed by atoms with van der Waals surface area (Å²) in [6.07, 6.45) is 1.61. The molecule has 0 spiro atoms. The summed E-state index contributed by atoms with van der Waals surface area (Å²) in [5.74, 6) is 0. The number of hydrogen-bond acceptors (Lipinski definition) is 4. The van der Waals surface area contributed by atoms with Crippen LogP contribution in [0.1, 0.15) is 51.0 Å². The van der Waals surface area contributed by atoms with Crippen molar-refractivity contribution in [1.29, 1.82) is 0 Å². The monoisotopic (exact) mass is 318 g/mol. The van der Waals surface area contributed by atoms with E-state index in [1.165, 1.54) is 11.3 Å². The molecule has 1 aromatic heterocycles. The number of thiophene rings is 1. The van der Waals surface area contributed by atoms with E-state index >= 15 is 0 Å². The Kier molecular flexibility index (Phi) is 6.64. The molecule has 1 heterocycles. The van der Waals surface area contributed by atoms with Crippen molar-refractivity contribution in [3.63, 3.8) is 0 Å². The van der Waals surface area contributed by atoms with E-state index in [4.69, 9.17) is 0 Å². The first-order valence-corrected chi connectivity index (χ1v) is 9.45. The molecule has 0 saturated carbocycles. The summed E-state index contributed by atoms with van der Waals surface area (Å²) >= 11 is 1.36. The van der Waals surface area contributed by atoms with Crippen LogP contribution in [0.2, 0.25) is 0 Å². The van der Waals surface area contributed by atoms with Crippen LogP contribution in [0, 0.1) is 6.92 Å². The van der Waals surface area contributed by atoms with E-state index < -0.39 is 10.0 Å². The molecule has 20 heavy (non-hydrogen) atoms. The predicted molar refractivity (Wildman–Crippen MR) is 85.7 cm³/mol. The van der Waals surface area contributed by atoms with Gasteiger partial charge < -0.3 is 5.32 Å². The smallest absolute Gasteiger partial charge is 0.250 e. The van der Waals surface area contributed by atoms with Gasteiger partial charge in [0.05, 0.1) is 0 Å². The fraction of sp³-hybridized carbons (Fsp3) is 0.714. The molecule has 0 atom stereocenters. The minimum absolute atomic E-state index is 0.0136. The van der Waals surface area contributed by atoms with Crippen LogP contribution in [0.15, 0.2) is 10.3 Å². The molecular formula is C14H26N2O2S2. The van der Waals surface area contributed by atoms with Gasteiger partial charge in [-0.05, 0) is 31.4 Å². The average Bonchev–Trinajstić information content (AvgIpc) is 2.75. The molecule has 6 heteroatoms. The molecule has 0 aliphatic carbocycles. The fourth-order valence-electron chi connectivity index (χ4n) is 1.83. The predicted octanol–water partition coefficient (Wildman–Crippen LogP) is 3.02. The van der Waals surface area contributed by atoms with Crippen LogP contribution in [0.5, 0.6) is 0 Å². The molecule has 1 rings (SSSR count). The molecule has 0 amide bonds. The van der Waals surface area contributed by atoms with Gasteiger partial charge in [-0.1, -0.05) is 27.7 Å². The standard InChI is InChI=1S/C14H26N2O2S2/c1-6-12(7-2)16-20(17,18)14-8-11(5)13(19-14)9-15-10(3)4/h8,10,12,15-16H,6-7,9H2,1-5H3. The second-order valence-corrected chi connectivity index (χ2v) is 8.42. The molecule has 0 fully saturated rings. The second-order valence-electron chi connectivity index (χ2n) is 5.34. The van der Waals surface area contributed by atoms with Crippen LogP contribution in [-0.2, 0) is 16.6 Å². The van der Waals surface area contributed by atoms with Crippen LogP contribution in [0.3, 0.4) is 0 Å². The summed E-state index contributed by atoms with van der Waals surface area (Å²) in [6.45, 7) is 10.8. The van der Waals surface area contributed by atoms with E-state index in [0.29, 0.717) is 16.8 Å². The van der Waals surface area contributed by atoms with Gasteiger partial charge in [-0.2, -0.15) is 0 Å². The Bertz CT molecular complexity index is 517. The Morgan fingerprint density at radius 1 is 1.25 bits per heavy atom. The van der Waals surface area contributed by atoms with Gasteiger partial charge in [0.1, 0.15) is 4.21 Å². The van der Waals surface area contributed by atoms with Gasteiger partial charge in [0, 0.05) is 23.5 Å². The van der Waals surface area contributed by atoms with Crippen LogP contribution in [-0.4, -0.2) is 20.5 Å². The average molecular weight is 319 g/mol. The number of aryl methyl sites for hydroxylation is 1. The van der Waals surface area contributed by atoms with Gasteiger partial charge >= 0.3 is 0 Å². The van der Waals surface area contributed by atoms with Gasteiger partial charge in [-0.3, -0.25) is 0 Å². The van der Waals surface area contributed by atoms with Crippen LogP contribution in [0.4, 0.5) is 0 Å². The van der Waals surface area contributed by atoms with E-state index in [1.54, 1.807) is 6.07 Å². The van der Waals surface area contributed by atoms with E-state index in [-0.39, 0.29) is 6.04 Å². The molecule has 0 radical (unpaired) electrons. The number of rotatable bonds is 8. The first-order chi connectivity index (χ1) is 9.30. The van der Waals surface area contributed by atoms with Crippen molar-refractivity contribution in [3.8, 4) is 0 Å². The molecule has 0 bridgehead atoms. The summed E-state index contributed by atoms with van der Waals surface area (Å²) in [5.41, 5.74) is 1.04. The van der Waals surface area contributed by atoms with Crippen molar-refractivity contribution in [3.05, 3.63) is 16.5 Å². The normalized spacial score (nSPS) is 12.6. The van der Waals surface area contributed by atoms with E-state index in [1.807, 2.05) is 20.8 Å². The Balaban J connectivity index is 2.88. The van der Waals surface area contributed by atoms with Crippen LogP contribution < -0.4 is 10.0 Å². The molecule has 0 aliphatic rings. The molecule has 4 nitrogen and oxygen atoms in total. The highest BCUT2D eigenvalue weighted by molar-refractivity contribution is 7.91. The lowest BCUT2D eigenvalue weighted by molar-refractivity contribution is 0.531. The zero-order valence-electron chi connectivity index (χ0n) is 13.0. The summed E-state index contributed by atoms with van der Waals surface area (Å²) in [5, 5.41) is 3.33. The topological polar surface area (TPSA) is 58.2 Å². The van der Waals surface area contributed by atoms with Crippen molar-refractivity contribution in [1.82, 2.24) is 10.0 Å². The zero-order valence-corrected chi connectivity index (χ0v) is 14.6. The molecule has 0 saturated heterocycles. The van der Waals surface area contributed by atoms with Gasteiger partial charge in [-0.15, -0.1) is 11.3 Å². The number of nitrogens with one attached hydrogen (secondary N) is 2. The molecule has 116 valence electrons. The Labute approximate surface area is 127 Å². The Morgan fingerprint density at radius 3 is 2.35 bits per heavy atom. The lowest BCUT2D eigenvalue weighted by atomic mass is 10.2. The molecular weight excluding hydrogens is 292 g/mol. The van der Waals surface area contributed by atoms with Crippen molar-refractivity contribution < 1.29 is 8.42 Å². The van der Waals surface area contributed by atoms with Gasteiger partial charge in [0.25, 0.3) is 0 Å². The van der Waals surface area contributed by atoms with Crippen molar-refractivity contribution >= 4 is 21.4 Å². The third kappa shape index (κ3) is 4.84. The molecule has 0 unspecified atom stereocenters. The highest BCUT2D eigenvalue weighted by Gasteiger charge is 2.21. The van der Waals surface area contributed by atoms with E-state index in [2.05, 4.69) is 23.9 Å². The Morgan fingerprint density at radius 2 is 1.85 bits per heavy atom. The maximum Gasteiger partial charge on any atom is 0.250 e. The quantitative estimate of drug-likeness (QED) is 0.774. The van der Waals surface area contributed by atoms with Crippen molar-refractivity contribution in [2.24, 2.45) is 0 Å². The van der Waals surface area contributed by atoms with Crippen molar-refractivity contribution in [2.75, 3.05) is 0 Å². The second kappa shape index (κ2) is 7.54. The van der Waals surface area contributed by atoms with E-state index in [0.717, 1.165) is 23.3 Å². The summed E-state index contributed by atoms with van der Waals surface area (Å²) in [6, 6.07) is 2.17. The number of sulfonamides is 1. The maximum atomic E-state index is 12.3. The zero-order chi connectivity index (χ0) is 15.3. The van der Waals surface area contributed by atoms with Gasteiger partial charge in [0.15, 0.2) is 0 Å². The minimum atomic E-state index is -3.38.